The van der Waals surface area contributed by atoms with Crippen LogP contribution in [-0.4, -0.2) is 47.5 Å². The van der Waals surface area contributed by atoms with Crippen molar-refractivity contribution in [3.8, 4) is 0 Å². The smallest absolute Gasteiger partial charge is 0.293 e. The molecule has 1 fully saturated rings. The molecule has 4 amide bonds. The maximum Gasteiger partial charge on any atom is 0.293 e. The van der Waals surface area contributed by atoms with Crippen LogP contribution in [0.1, 0.15) is 21.5 Å². The van der Waals surface area contributed by atoms with Gasteiger partial charge in [-0.15, -0.1) is 0 Å². The molecule has 1 saturated heterocycles. The molecule has 0 radical (unpaired) electrons. The van der Waals surface area contributed by atoms with Crippen molar-refractivity contribution in [2.24, 2.45) is 0 Å². The molecule has 1 heterocycles. The molecule has 1 aliphatic heterocycles. The van der Waals surface area contributed by atoms with Gasteiger partial charge in [0.05, 0.1) is 11.4 Å². The van der Waals surface area contributed by atoms with Gasteiger partial charge in [-0.25, -0.2) is 0 Å². The van der Waals surface area contributed by atoms with E-state index in [0.29, 0.717) is 16.1 Å². The highest BCUT2D eigenvalue weighted by Gasteiger charge is 2.34. The molecule has 7 nitrogen and oxygen atoms in total. The maximum atomic E-state index is 12.5. The summed E-state index contributed by atoms with van der Waals surface area (Å²) in [5, 5.41) is 5.20. The fourth-order valence-electron chi connectivity index (χ4n) is 2.84. The van der Waals surface area contributed by atoms with Gasteiger partial charge in [-0.1, -0.05) is 47.5 Å². The van der Waals surface area contributed by atoms with Crippen molar-refractivity contribution in [1.82, 2.24) is 15.5 Å². The normalized spacial score (nSPS) is 14.8. The molecule has 160 valence electrons. The van der Waals surface area contributed by atoms with E-state index in [9.17, 15) is 19.2 Å². The van der Waals surface area contributed by atoms with Crippen molar-refractivity contribution in [2.45, 2.75) is 6.92 Å². The molecule has 31 heavy (non-hydrogen) atoms. The summed E-state index contributed by atoms with van der Waals surface area (Å²) in [5.74, 6) is -1.20. The average molecular weight is 458 g/mol. The number of nitrogens with one attached hydrogen (secondary N) is 2. The minimum absolute atomic E-state index is 0.0299. The summed E-state index contributed by atoms with van der Waals surface area (Å²) in [6, 6.07) is 14.0. The zero-order valence-corrected chi connectivity index (χ0v) is 18.3. The van der Waals surface area contributed by atoms with E-state index in [2.05, 4.69) is 10.6 Å². The lowest BCUT2D eigenvalue weighted by molar-refractivity contribution is -0.124. The monoisotopic (exact) mass is 457 g/mol. The third-order valence-corrected chi connectivity index (χ3v) is 5.66. The van der Waals surface area contributed by atoms with Crippen LogP contribution in [0.4, 0.5) is 4.79 Å². The average Bonchev–Trinajstić information content (AvgIpc) is 3.01. The molecule has 2 aromatic carbocycles. The molecule has 0 aliphatic carbocycles. The number of aryl methyl sites for hydroxylation is 1. The SMILES string of the molecule is Cc1cccc(C(=O)NCC(=O)NCCN2C(=O)SC(=Cc3ccccc3Cl)C2=O)c1. The molecule has 2 aromatic rings. The molecule has 9 heteroatoms. The highest BCUT2D eigenvalue weighted by Crippen LogP contribution is 2.33. The predicted molar refractivity (Wildman–Crippen MR) is 121 cm³/mol. The topological polar surface area (TPSA) is 95.6 Å². The van der Waals surface area contributed by atoms with E-state index in [-0.39, 0.29) is 30.4 Å². The lowest BCUT2D eigenvalue weighted by Gasteiger charge is -2.13. The first-order chi connectivity index (χ1) is 14.8. The first kappa shape index (κ1) is 22.6. The third-order valence-electron chi connectivity index (χ3n) is 4.41. The molecule has 2 N–H and O–H groups in total. The van der Waals surface area contributed by atoms with Crippen molar-refractivity contribution in [1.29, 1.82) is 0 Å². The van der Waals surface area contributed by atoms with Gasteiger partial charge in [0.25, 0.3) is 17.1 Å². The molecule has 3 rings (SSSR count). The van der Waals surface area contributed by atoms with Gasteiger partial charge in [-0.2, -0.15) is 0 Å². The summed E-state index contributed by atoms with van der Waals surface area (Å²) in [4.78, 5) is 50.1. The van der Waals surface area contributed by atoms with Gasteiger partial charge in [0.1, 0.15) is 0 Å². The van der Waals surface area contributed by atoms with E-state index in [4.69, 9.17) is 11.6 Å². The lowest BCUT2D eigenvalue weighted by Crippen LogP contribution is -2.41. The van der Waals surface area contributed by atoms with Gasteiger partial charge in [0, 0.05) is 23.7 Å². The van der Waals surface area contributed by atoms with Crippen molar-refractivity contribution in [2.75, 3.05) is 19.6 Å². The van der Waals surface area contributed by atoms with Crippen LogP contribution >= 0.6 is 23.4 Å². The Balaban J connectivity index is 1.47. The Morgan fingerprint density at radius 2 is 1.87 bits per heavy atom. The summed E-state index contributed by atoms with van der Waals surface area (Å²) in [6.07, 6.45) is 1.58. The van der Waals surface area contributed by atoms with Crippen LogP contribution in [0.2, 0.25) is 5.02 Å². The van der Waals surface area contributed by atoms with Gasteiger partial charge in [0.15, 0.2) is 0 Å². The molecule has 0 bridgehead atoms. The first-order valence-electron chi connectivity index (χ1n) is 9.46. The summed E-state index contributed by atoms with van der Waals surface area (Å²) in [7, 11) is 0. The zero-order valence-electron chi connectivity index (χ0n) is 16.7. The van der Waals surface area contributed by atoms with Crippen molar-refractivity contribution in [3.05, 3.63) is 75.1 Å². The van der Waals surface area contributed by atoms with E-state index in [1.807, 2.05) is 13.0 Å². The molecule has 1 aliphatic rings. The Morgan fingerprint density at radius 1 is 1.10 bits per heavy atom. The number of halogens is 1. The van der Waals surface area contributed by atoms with E-state index in [0.717, 1.165) is 22.2 Å². The van der Waals surface area contributed by atoms with Crippen LogP contribution in [0, 0.1) is 6.92 Å². The van der Waals surface area contributed by atoms with E-state index in [1.165, 1.54) is 0 Å². The number of benzene rings is 2. The second-order valence-corrected chi connectivity index (χ2v) is 8.16. The van der Waals surface area contributed by atoms with Gasteiger partial charge in [-0.05, 0) is 48.5 Å². The fraction of sp³-hybridized carbons (Fsp3) is 0.182. The van der Waals surface area contributed by atoms with Crippen molar-refractivity contribution in [3.63, 3.8) is 0 Å². The number of hydrogen-bond donors (Lipinski definition) is 2. The Morgan fingerprint density at radius 3 is 2.61 bits per heavy atom. The van der Waals surface area contributed by atoms with Crippen LogP contribution in [-0.2, 0) is 9.59 Å². The molecule has 0 atom stereocenters. The van der Waals surface area contributed by atoms with E-state index >= 15 is 0 Å². The number of imide groups is 1. The number of carbonyl (C=O) groups excluding carboxylic acids is 4. The Hall–Kier alpha value is -3.10. The number of amides is 4. The number of hydrogen-bond acceptors (Lipinski definition) is 5. The van der Waals surface area contributed by atoms with Crippen molar-refractivity contribution >= 4 is 52.4 Å². The van der Waals surface area contributed by atoms with E-state index in [1.54, 1.807) is 48.5 Å². The van der Waals surface area contributed by atoms with Gasteiger partial charge in [0.2, 0.25) is 5.91 Å². The Labute approximate surface area is 188 Å². The van der Waals surface area contributed by atoms with Gasteiger partial charge < -0.3 is 10.6 Å². The second kappa shape index (κ2) is 10.3. The molecule has 0 unspecified atom stereocenters. The van der Waals surface area contributed by atoms with Gasteiger partial charge >= 0.3 is 0 Å². The van der Waals surface area contributed by atoms with Crippen LogP contribution in [0.15, 0.2) is 53.4 Å². The number of thioether (sulfide) groups is 1. The largest absolute Gasteiger partial charge is 0.353 e. The molecule has 0 saturated carbocycles. The number of nitrogens with zero attached hydrogens (tertiary/aromatic N) is 1. The van der Waals surface area contributed by atoms with Crippen LogP contribution < -0.4 is 10.6 Å². The van der Waals surface area contributed by atoms with Gasteiger partial charge in [-0.3, -0.25) is 24.1 Å². The maximum absolute atomic E-state index is 12.5. The highest BCUT2D eigenvalue weighted by atomic mass is 35.5. The summed E-state index contributed by atoms with van der Waals surface area (Å²) < 4.78 is 0. The lowest BCUT2D eigenvalue weighted by atomic mass is 10.1. The summed E-state index contributed by atoms with van der Waals surface area (Å²) in [6.45, 7) is 1.78. The highest BCUT2D eigenvalue weighted by molar-refractivity contribution is 8.18. The third kappa shape index (κ3) is 5.96. The van der Waals surface area contributed by atoms with E-state index < -0.39 is 17.1 Å². The summed E-state index contributed by atoms with van der Waals surface area (Å²) >= 11 is 6.93. The molecule has 0 aromatic heterocycles. The fourth-order valence-corrected chi connectivity index (χ4v) is 3.89. The van der Waals surface area contributed by atoms with Crippen molar-refractivity contribution < 1.29 is 19.2 Å². The minimum atomic E-state index is -0.433. The Kier molecular flexibility index (Phi) is 7.49. The molecular formula is C22H20ClN3O4S. The number of rotatable bonds is 7. The second-order valence-electron chi connectivity index (χ2n) is 6.76. The first-order valence-corrected chi connectivity index (χ1v) is 10.7. The minimum Gasteiger partial charge on any atom is -0.353 e. The van der Waals surface area contributed by atoms with Crippen LogP contribution in [0.3, 0.4) is 0 Å². The zero-order chi connectivity index (χ0) is 22.4. The Bertz CT molecular complexity index is 1070. The standard InChI is InChI=1S/C22H20ClN3O4S/c1-14-5-4-7-16(11-14)20(28)25-13-19(27)24-9-10-26-21(29)18(31-22(26)30)12-15-6-2-3-8-17(15)23/h2-8,11-12H,9-10,13H2,1H3,(H,24,27)(H,25,28). The van der Waals surface area contributed by atoms with Crippen LogP contribution in [0.5, 0.6) is 0 Å². The molecule has 0 spiro atoms. The quantitative estimate of drug-likeness (QED) is 0.622. The predicted octanol–water partition coefficient (Wildman–Crippen LogP) is 3.23. The number of carbonyl (C=O) groups is 4. The molecular weight excluding hydrogens is 438 g/mol. The summed E-state index contributed by atoms with van der Waals surface area (Å²) in [5.41, 5.74) is 2.06. The van der Waals surface area contributed by atoms with Crippen LogP contribution in [0.25, 0.3) is 6.08 Å².